The maximum atomic E-state index is 11.2. The van der Waals surface area contributed by atoms with Crippen LogP contribution in [0.3, 0.4) is 0 Å². The molecular weight excluding hydrogens is 274 g/mol. The van der Waals surface area contributed by atoms with Crippen molar-refractivity contribution < 1.29 is 8.42 Å². The lowest BCUT2D eigenvalue weighted by Gasteiger charge is -2.08. The van der Waals surface area contributed by atoms with E-state index in [4.69, 9.17) is 0 Å². The van der Waals surface area contributed by atoms with Crippen molar-refractivity contribution in [1.82, 2.24) is 15.1 Å². The number of aromatic nitrogens is 2. The van der Waals surface area contributed by atoms with Crippen LogP contribution in [0.5, 0.6) is 0 Å². The molecule has 0 amide bonds. The summed E-state index contributed by atoms with van der Waals surface area (Å²) in [5.74, 6) is 0.787. The second-order valence-electron chi connectivity index (χ2n) is 5.85. The molecule has 0 radical (unpaired) electrons. The first-order valence-electron chi connectivity index (χ1n) is 7.12. The highest BCUT2D eigenvalue weighted by molar-refractivity contribution is 7.90. The Morgan fingerprint density at radius 1 is 1.30 bits per heavy atom. The molecule has 5 nitrogen and oxygen atoms in total. The molecule has 1 rings (SSSR count). The highest BCUT2D eigenvalue weighted by Gasteiger charge is 2.12. The molecule has 0 aliphatic heterocycles. The Balaban J connectivity index is 2.62. The highest BCUT2D eigenvalue weighted by atomic mass is 32.2. The first-order chi connectivity index (χ1) is 9.20. The van der Waals surface area contributed by atoms with Gasteiger partial charge in [0.25, 0.3) is 0 Å². The normalized spacial score (nSPS) is 12.3. The van der Waals surface area contributed by atoms with Gasteiger partial charge in [-0.25, -0.2) is 8.42 Å². The molecule has 0 spiro atoms. The molecule has 0 aliphatic carbocycles. The van der Waals surface area contributed by atoms with Gasteiger partial charge >= 0.3 is 0 Å². The number of hydrogen-bond acceptors (Lipinski definition) is 4. The minimum Gasteiger partial charge on any atom is -0.316 e. The summed E-state index contributed by atoms with van der Waals surface area (Å²) in [6.45, 7) is 10.8. The van der Waals surface area contributed by atoms with Gasteiger partial charge in [-0.15, -0.1) is 0 Å². The summed E-state index contributed by atoms with van der Waals surface area (Å²) in [6, 6.07) is 0. The van der Waals surface area contributed by atoms with Crippen LogP contribution in [0.4, 0.5) is 0 Å². The molecule has 0 saturated heterocycles. The molecule has 0 unspecified atom stereocenters. The number of nitrogens with one attached hydrogen (secondary N) is 1. The van der Waals surface area contributed by atoms with Gasteiger partial charge in [-0.1, -0.05) is 13.8 Å². The molecule has 20 heavy (non-hydrogen) atoms. The topological polar surface area (TPSA) is 64.0 Å². The van der Waals surface area contributed by atoms with Crippen LogP contribution in [0.2, 0.25) is 0 Å². The van der Waals surface area contributed by atoms with E-state index in [0.717, 1.165) is 30.9 Å². The Morgan fingerprint density at radius 2 is 1.95 bits per heavy atom. The van der Waals surface area contributed by atoms with E-state index in [1.54, 1.807) is 0 Å². The zero-order chi connectivity index (χ0) is 15.3. The van der Waals surface area contributed by atoms with Crippen LogP contribution in [-0.4, -0.2) is 43.3 Å². The van der Waals surface area contributed by atoms with Crippen LogP contribution in [0, 0.1) is 19.8 Å². The van der Waals surface area contributed by atoms with Crippen molar-refractivity contribution in [2.45, 2.75) is 40.7 Å². The second-order valence-corrected chi connectivity index (χ2v) is 8.11. The van der Waals surface area contributed by atoms with E-state index in [9.17, 15) is 8.42 Å². The molecule has 0 atom stereocenters. The smallest absolute Gasteiger partial charge is 0.149 e. The molecule has 6 heteroatoms. The van der Waals surface area contributed by atoms with Crippen molar-refractivity contribution in [2.75, 3.05) is 25.1 Å². The lowest BCUT2D eigenvalue weighted by molar-refractivity contribution is 0.553. The SMILES string of the molecule is Cc1nn(CCS(C)(=O)=O)c(C)c1CCNCC(C)C. The number of hydrogen-bond donors (Lipinski definition) is 1. The average molecular weight is 301 g/mol. The summed E-state index contributed by atoms with van der Waals surface area (Å²) >= 11 is 0. The van der Waals surface area contributed by atoms with E-state index in [0.29, 0.717) is 12.5 Å². The van der Waals surface area contributed by atoms with Gasteiger partial charge in [-0.05, 0) is 44.8 Å². The molecule has 1 aromatic rings. The molecule has 1 heterocycles. The molecule has 1 aromatic heterocycles. The maximum Gasteiger partial charge on any atom is 0.149 e. The summed E-state index contributed by atoms with van der Waals surface area (Å²) in [6.07, 6.45) is 2.19. The van der Waals surface area contributed by atoms with Crippen LogP contribution >= 0.6 is 0 Å². The Bertz CT molecular complexity index is 533. The lowest BCUT2D eigenvalue weighted by atomic mass is 10.1. The van der Waals surface area contributed by atoms with Crippen molar-refractivity contribution >= 4 is 9.84 Å². The number of nitrogens with zero attached hydrogens (tertiary/aromatic N) is 2. The summed E-state index contributed by atoms with van der Waals surface area (Å²) in [7, 11) is -2.95. The Labute approximate surface area is 122 Å². The second kappa shape index (κ2) is 7.22. The van der Waals surface area contributed by atoms with E-state index in [-0.39, 0.29) is 5.75 Å². The summed E-state index contributed by atoms with van der Waals surface area (Å²) in [4.78, 5) is 0. The van der Waals surface area contributed by atoms with E-state index in [1.165, 1.54) is 11.8 Å². The molecule has 0 bridgehead atoms. The Kier molecular flexibility index (Phi) is 6.20. The fourth-order valence-corrected chi connectivity index (χ4v) is 2.67. The molecular formula is C14H27N3O2S. The van der Waals surface area contributed by atoms with Crippen LogP contribution in [0.1, 0.15) is 30.8 Å². The molecule has 1 N–H and O–H groups in total. The van der Waals surface area contributed by atoms with Crippen molar-refractivity contribution in [3.05, 3.63) is 17.0 Å². The van der Waals surface area contributed by atoms with Gasteiger partial charge < -0.3 is 5.32 Å². The van der Waals surface area contributed by atoms with Crippen molar-refractivity contribution in [2.24, 2.45) is 5.92 Å². The van der Waals surface area contributed by atoms with Gasteiger partial charge in [0.05, 0.1) is 18.0 Å². The first kappa shape index (κ1) is 17.2. The number of sulfone groups is 1. The fourth-order valence-electron chi connectivity index (χ4n) is 2.17. The maximum absolute atomic E-state index is 11.2. The molecule has 116 valence electrons. The molecule has 0 fully saturated rings. The summed E-state index contributed by atoms with van der Waals surface area (Å²) in [5.41, 5.74) is 3.31. The van der Waals surface area contributed by atoms with Gasteiger partial charge in [-0.2, -0.15) is 5.10 Å². The van der Waals surface area contributed by atoms with Crippen molar-refractivity contribution in [3.63, 3.8) is 0 Å². The highest BCUT2D eigenvalue weighted by Crippen LogP contribution is 2.13. The Morgan fingerprint density at radius 3 is 2.50 bits per heavy atom. The number of rotatable bonds is 8. The van der Waals surface area contributed by atoms with E-state index < -0.39 is 9.84 Å². The predicted molar refractivity (Wildman–Crippen MR) is 82.8 cm³/mol. The number of aryl methyl sites for hydroxylation is 2. The zero-order valence-corrected chi connectivity index (χ0v) is 14.0. The molecule has 0 aromatic carbocycles. The molecule has 0 saturated carbocycles. The largest absolute Gasteiger partial charge is 0.316 e. The van der Waals surface area contributed by atoms with Crippen LogP contribution in [0.25, 0.3) is 0 Å². The summed E-state index contributed by atoms with van der Waals surface area (Å²) < 4.78 is 24.3. The van der Waals surface area contributed by atoms with Gasteiger partial charge in [0.2, 0.25) is 0 Å². The van der Waals surface area contributed by atoms with Gasteiger partial charge in [0.1, 0.15) is 9.84 Å². The first-order valence-corrected chi connectivity index (χ1v) is 9.18. The van der Waals surface area contributed by atoms with Gasteiger partial charge in [0, 0.05) is 11.9 Å². The monoisotopic (exact) mass is 301 g/mol. The Hall–Kier alpha value is -0.880. The van der Waals surface area contributed by atoms with Crippen LogP contribution in [-0.2, 0) is 22.8 Å². The molecule has 0 aliphatic rings. The third kappa shape index (κ3) is 5.63. The van der Waals surface area contributed by atoms with Crippen LogP contribution < -0.4 is 5.32 Å². The van der Waals surface area contributed by atoms with E-state index >= 15 is 0 Å². The third-order valence-corrected chi connectivity index (χ3v) is 4.23. The zero-order valence-electron chi connectivity index (χ0n) is 13.2. The van der Waals surface area contributed by atoms with Gasteiger partial charge in [-0.3, -0.25) is 4.68 Å². The average Bonchev–Trinajstić information content (AvgIpc) is 2.57. The van der Waals surface area contributed by atoms with Crippen molar-refractivity contribution in [1.29, 1.82) is 0 Å². The van der Waals surface area contributed by atoms with Gasteiger partial charge in [0.15, 0.2) is 0 Å². The third-order valence-electron chi connectivity index (χ3n) is 3.31. The quantitative estimate of drug-likeness (QED) is 0.736. The minimum absolute atomic E-state index is 0.139. The lowest BCUT2D eigenvalue weighted by Crippen LogP contribution is -2.22. The van der Waals surface area contributed by atoms with E-state index in [2.05, 4.69) is 24.3 Å². The predicted octanol–water partition coefficient (Wildman–Crippen LogP) is 1.33. The fraction of sp³-hybridized carbons (Fsp3) is 0.786. The summed E-state index contributed by atoms with van der Waals surface area (Å²) in [5, 5.41) is 7.87. The van der Waals surface area contributed by atoms with E-state index in [1.807, 2.05) is 18.5 Å². The van der Waals surface area contributed by atoms with Crippen molar-refractivity contribution in [3.8, 4) is 0 Å². The van der Waals surface area contributed by atoms with Crippen LogP contribution in [0.15, 0.2) is 0 Å². The standard InChI is InChI=1S/C14H27N3O2S/c1-11(2)10-15-7-6-14-12(3)16-17(13(14)4)8-9-20(5,18)19/h11,15H,6-10H2,1-5H3. The minimum atomic E-state index is -2.95.